The van der Waals surface area contributed by atoms with E-state index in [-0.39, 0.29) is 12.3 Å². The van der Waals surface area contributed by atoms with Gasteiger partial charge in [0.25, 0.3) is 0 Å². The van der Waals surface area contributed by atoms with Crippen LogP contribution in [0.2, 0.25) is 5.02 Å². The topological polar surface area (TPSA) is 61.2 Å². The van der Waals surface area contributed by atoms with Gasteiger partial charge in [0.2, 0.25) is 11.1 Å². The second kappa shape index (κ2) is 5.67. The summed E-state index contributed by atoms with van der Waals surface area (Å²) in [7, 11) is 0. The van der Waals surface area contributed by atoms with E-state index in [0.717, 1.165) is 0 Å². The van der Waals surface area contributed by atoms with E-state index >= 15 is 0 Å². The van der Waals surface area contributed by atoms with E-state index < -0.39 is 11.4 Å². The Kier molecular flexibility index (Phi) is 3.97. The molecule has 5 nitrogen and oxygen atoms in total. The van der Waals surface area contributed by atoms with Crippen LogP contribution in [0, 0.1) is 0 Å². The van der Waals surface area contributed by atoms with Crippen LogP contribution in [0.15, 0.2) is 41.3 Å². The Bertz CT molecular complexity index is 667. The Morgan fingerprint density at radius 2 is 2.11 bits per heavy atom. The highest BCUT2D eigenvalue weighted by atomic mass is 35.5. The van der Waals surface area contributed by atoms with Crippen molar-refractivity contribution in [3.05, 3.63) is 57.5 Å². The largest absolute Gasteiger partial charge is 0.461 e. The van der Waals surface area contributed by atoms with E-state index in [4.69, 9.17) is 16.3 Å². The molecule has 1 aromatic carbocycles. The van der Waals surface area contributed by atoms with Crippen molar-refractivity contribution in [1.82, 2.24) is 9.78 Å². The lowest BCUT2D eigenvalue weighted by Crippen LogP contribution is -2.22. The molecule has 0 aliphatic rings. The molecule has 2 rings (SSSR count). The zero-order valence-corrected chi connectivity index (χ0v) is 10.9. The molecule has 0 amide bonds. The maximum absolute atomic E-state index is 11.6. The minimum absolute atomic E-state index is 0.181. The van der Waals surface area contributed by atoms with Crippen LogP contribution in [0.4, 0.5) is 0 Å². The third kappa shape index (κ3) is 2.82. The number of ether oxygens (including phenoxy) is 1. The van der Waals surface area contributed by atoms with E-state index in [1.54, 1.807) is 31.2 Å². The van der Waals surface area contributed by atoms with Crippen LogP contribution in [0.5, 0.6) is 0 Å². The van der Waals surface area contributed by atoms with Crippen molar-refractivity contribution in [2.45, 2.75) is 6.92 Å². The number of aromatic nitrogens is 2. The zero-order chi connectivity index (χ0) is 13.8. The van der Waals surface area contributed by atoms with Gasteiger partial charge in [-0.1, -0.05) is 23.7 Å². The maximum atomic E-state index is 11.6. The number of hydrogen-bond donors (Lipinski definition) is 0. The quantitative estimate of drug-likeness (QED) is 0.806. The first-order chi connectivity index (χ1) is 9.13. The molecule has 19 heavy (non-hydrogen) atoms. The molecule has 0 fully saturated rings. The summed E-state index contributed by atoms with van der Waals surface area (Å²) in [4.78, 5) is 23.2. The third-order valence-electron chi connectivity index (χ3n) is 2.38. The molecule has 0 spiro atoms. The first-order valence-corrected chi connectivity index (χ1v) is 6.03. The first-order valence-electron chi connectivity index (χ1n) is 5.65. The smallest absolute Gasteiger partial charge is 0.362 e. The average Bonchev–Trinajstić information content (AvgIpc) is 2.40. The van der Waals surface area contributed by atoms with Crippen LogP contribution in [-0.4, -0.2) is 22.4 Å². The summed E-state index contributed by atoms with van der Waals surface area (Å²) in [5, 5.41) is 4.43. The number of halogens is 1. The molecule has 0 unspecified atom stereocenters. The monoisotopic (exact) mass is 278 g/mol. The van der Waals surface area contributed by atoms with Gasteiger partial charge >= 0.3 is 5.97 Å². The molecule has 0 aliphatic carbocycles. The summed E-state index contributed by atoms with van der Waals surface area (Å²) in [6.07, 6.45) is 1.45. The fourth-order valence-electron chi connectivity index (χ4n) is 1.52. The lowest BCUT2D eigenvalue weighted by atomic mass is 10.3. The van der Waals surface area contributed by atoms with Gasteiger partial charge in [0.15, 0.2) is 0 Å². The van der Waals surface area contributed by atoms with Crippen molar-refractivity contribution in [2.75, 3.05) is 6.61 Å². The Hall–Kier alpha value is -2.14. The molecule has 0 N–H and O–H groups in total. The Balaban J connectivity index is 2.50. The van der Waals surface area contributed by atoms with E-state index in [1.807, 2.05) is 0 Å². The van der Waals surface area contributed by atoms with Crippen molar-refractivity contribution in [3.8, 4) is 5.69 Å². The van der Waals surface area contributed by atoms with Gasteiger partial charge in [0.1, 0.15) is 0 Å². The fraction of sp³-hybridized carbons (Fsp3) is 0.154. The van der Waals surface area contributed by atoms with Gasteiger partial charge in [-0.25, -0.2) is 9.48 Å². The van der Waals surface area contributed by atoms with Crippen molar-refractivity contribution < 1.29 is 9.53 Å². The summed E-state index contributed by atoms with van der Waals surface area (Å²) in [6.45, 7) is 1.84. The summed E-state index contributed by atoms with van der Waals surface area (Å²) >= 11 is 6.04. The van der Waals surface area contributed by atoms with Crippen LogP contribution in [0.25, 0.3) is 5.69 Å². The van der Waals surface area contributed by atoms with Crippen molar-refractivity contribution in [2.24, 2.45) is 0 Å². The normalized spacial score (nSPS) is 10.2. The highest BCUT2D eigenvalue weighted by Gasteiger charge is 2.14. The minimum Gasteiger partial charge on any atom is -0.461 e. The first kappa shape index (κ1) is 13.3. The molecular formula is C13H11ClN2O3. The summed E-state index contributed by atoms with van der Waals surface area (Å²) < 4.78 is 6.15. The fourth-order valence-corrected chi connectivity index (χ4v) is 1.74. The highest BCUT2D eigenvalue weighted by molar-refractivity contribution is 6.32. The average molecular weight is 279 g/mol. The van der Waals surface area contributed by atoms with E-state index in [1.165, 1.54) is 16.9 Å². The summed E-state index contributed by atoms with van der Waals surface area (Å²) in [5.41, 5.74) is -0.166. The summed E-state index contributed by atoms with van der Waals surface area (Å²) in [6, 6.07) is 8.24. The number of hydrogen-bond acceptors (Lipinski definition) is 4. The van der Waals surface area contributed by atoms with Crippen molar-refractivity contribution in [1.29, 1.82) is 0 Å². The van der Waals surface area contributed by atoms with Gasteiger partial charge in [-0.3, -0.25) is 4.79 Å². The van der Waals surface area contributed by atoms with Gasteiger partial charge in [-0.2, -0.15) is 5.10 Å². The third-order valence-corrected chi connectivity index (χ3v) is 2.70. The van der Waals surface area contributed by atoms with E-state index in [0.29, 0.717) is 10.7 Å². The van der Waals surface area contributed by atoms with Crippen LogP contribution in [0.3, 0.4) is 0 Å². The number of carbonyl (C=O) groups excluding carboxylic acids is 1. The SMILES string of the molecule is CCOC(=O)c1nn(-c2ccccc2Cl)ccc1=O. The molecule has 98 valence electrons. The van der Waals surface area contributed by atoms with Gasteiger partial charge in [0, 0.05) is 12.3 Å². The second-order valence-electron chi connectivity index (χ2n) is 3.65. The number of esters is 1. The summed E-state index contributed by atoms with van der Waals surface area (Å²) in [5.74, 6) is -0.742. The molecule has 6 heteroatoms. The molecule has 0 bridgehead atoms. The van der Waals surface area contributed by atoms with Crippen LogP contribution in [0.1, 0.15) is 17.4 Å². The number of benzene rings is 1. The highest BCUT2D eigenvalue weighted by Crippen LogP contribution is 2.18. The molecule has 2 aromatic rings. The Morgan fingerprint density at radius 1 is 1.37 bits per heavy atom. The van der Waals surface area contributed by atoms with E-state index in [9.17, 15) is 9.59 Å². The minimum atomic E-state index is -0.742. The van der Waals surface area contributed by atoms with Crippen molar-refractivity contribution in [3.63, 3.8) is 0 Å². The van der Waals surface area contributed by atoms with Gasteiger partial charge in [-0.15, -0.1) is 0 Å². The molecule has 0 aliphatic heterocycles. The molecule has 0 radical (unpaired) electrons. The van der Waals surface area contributed by atoms with Gasteiger partial charge < -0.3 is 4.74 Å². The zero-order valence-electron chi connectivity index (χ0n) is 10.2. The van der Waals surface area contributed by atoms with Crippen LogP contribution < -0.4 is 5.43 Å². The number of nitrogens with zero attached hydrogens (tertiary/aromatic N) is 2. The van der Waals surface area contributed by atoms with Crippen molar-refractivity contribution >= 4 is 17.6 Å². The molecule has 1 aromatic heterocycles. The second-order valence-corrected chi connectivity index (χ2v) is 4.05. The molecular weight excluding hydrogens is 268 g/mol. The lowest BCUT2D eigenvalue weighted by Gasteiger charge is -2.08. The number of carbonyl (C=O) groups is 1. The molecule has 0 saturated carbocycles. The Labute approximate surface area is 114 Å². The van der Waals surface area contributed by atoms with Gasteiger partial charge in [0.05, 0.1) is 17.3 Å². The maximum Gasteiger partial charge on any atom is 0.362 e. The molecule has 0 atom stereocenters. The standard InChI is InChI=1S/C13H11ClN2O3/c1-2-19-13(18)12-11(17)7-8-16(15-12)10-6-4-3-5-9(10)14/h3-8H,2H2,1H3. The molecule has 1 heterocycles. The van der Waals surface area contributed by atoms with Gasteiger partial charge in [-0.05, 0) is 19.1 Å². The predicted molar refractivity (Wildman–Crippen MR) is 70.8 cm³/mol. The molecule has 0 saturated heterocycles. The van der Waals surface area contributed by atoms with Crippen LogP contribution in [-0.2, 0) is 4.74 Å². The number of rotatable bonds is 3. The lowest BCUT2D eigenvalue weighted by molar-refractivity contribution is 0.0515. The van der Waals surface area contributed by atoms with Crippen LogP contribution >= 0.6 is 11.6 Å². The Morgan fingerprint density at radius 3 is 2.79 bits per heavy atom. The predicted octanol–water partition coefficient (Wildman–Crippen LogP) is 2.06. The van der Waals surface area contributed by atoms with E-state index in [2.05, 4.69) is 5.10 Å². The number of para-hydroxylation sites is 1.